The number of hydrogen-bond donors (Lipinski definition) is 4. The molecule has 2 rings (SSSR count). The highest BCUT2D eigenvalue weighted by Crippen LogP contribution is 2.24. The maximum absolute atomic E-state index is 10.2. The molecule has 5 heteroatoms. The monoisotopic (exact) mass is 263 g/mol. The standard InChI is InChI=1S/C13H14ClN3O/c14-10-7-5-9(6-8-10)13(16,18)17-12-4-2-1-3-11(12)15/h1-8,17-18H,15-16H2. The second-order valence-corrected chi connectivity index (χ2v) is 4.42. The number of anilines is 2. The van der Waals surface area contributed by atoms with Crippen molar-refractivity contribution in [3.63, 3.8) is 0 Å². The molecule has 4 nitrogen and oxygen atoms in total. The molecule has 0 aliphatic heterocycles. The molecule has 0 radical (unpaired) electrons. The van der Waals surface area contributed by atoms with Gasteiger partial charge in [0.15, 0.2) is 0 Å². The van der Waals surface area contributed by atoms with Gasteiger partial charge in [0, 0.05) is 10.6 Å². The number of rotatable bonds is 3. The van der Waals surface area contributed by atoms with E-state index < -0.39 is 5.85 Å². The van der Waals surface area contributed by atoms with Crippen molar-refractivity contribution in [2.45, 2.75) is 5.85 Å². The van der Waals surface area contributed by atoms with Crippen LogP contribution in [0.5, 0.6) is 0 Å². The largest absolute Gasteiger partial charge is 0.397 e. The quantitative estimate of drug-likeness (QED) is 0.505. The van der Waals surface area contributed by atoms with Gasteiger partial charge >= 0.3 is 0 Å². The normalized spacial score (nSPS) is 13.9. The Kier molecular flexibility index (Phi) is 3.43. The molecule has 0 fully saturated rings. The molecule has 0 saturated heterocycles. The summed E-state index contributed by atoms with van der Waals surface area (Å²) < 4.78 is 0. The minimum Gasteiger partial charge on any atom is -0.397 e. The van der Waals surface area contributed by atoms with Crippen LogP contribution >= 0.6 is 11.6 Å². The highest BCUT2D eigenvalue weighted by Gasteiger charge is 2.24. The van der Waals surface area contributed by atoms with Gasteiger partial charge in [-0.2, -0.15) is 0 Å². The predicted octanol–water partition coefficient (Wildman–Crippen LogP) is 2.10. The third-order valence-electron chi connectivity index (χ3n) is 2.57. The lowest BCUT2D eigenvalue weighted by Crippen LogP contribution is -2.44. The van der Waals surface area contributed by atoms with Gasteiger partial charge in [-0.15, -0.1) is 0 Å². The van der Waals surface area contributed by atoms with Gasteiger partial charge in [-0.05, 0) is 24.3 Å². The summed E-state index contributed by atoms with van der Waals surface area (Å²) in [6, 6.07) is 13.7. The van der Waals surface area contributed by atoms with Crippen molar-refractivity contribution in [2.75, 3.05) is 11.1 Å². The molecule has 0 aromatic heterocycles. The zero-order valence-electron chi connectivity index (χ0n) is 9.60. The summed E-state index contributed by atoms with van der Waals surface area (Å²) in [6.07, 6.45) is 0. The van der Waals surface area contributed by atoms with E-state index in [1.165, 1.54) is 0 Å². The Labute approximate surface area is 110 Å². The van der Waals surface area contributed by atoms with Crippen LogP contribution in [0.15, 0.2) is 48.5 Å². The number of aliphatic hydroxyl groups is 1. The van der Waals surface area contributed by atoms with Gasteiger partial charge in [0.1, 0.15) is 0 Å². The summed E-state index contributed by atoms with van der Waals surface area (Å²) in [5.74, 6) is -1.71. The van der Waals surface area contributed by atoms with Gasteiger partial charge in [-0.25, -0.2) is 0 Å². The molecule has 0 amide bonds. The zero-order chi connectivity index (χ0) is 13.2. The van der Waals surface area contributed by atoms with Crippen LogP contribution in [0, 0.1) is 0 Å². The van der Waals surface area contributed by atoms with Crippen molar-refractivity contribution in [1.29, 1.82) is 0 Å². The van der Waals surface area contributed by atoms with Crippen molar-refractivity contribution >= 4 is 23.0 Å². The molecule has 0 saturated carbocycles. The number of para-hydroxylation sites is 2. The smallest absolute Gasteiger partial charge is 0.218 e. The van der Waals surface area contributed by atoms with E-state index >= 15 is 0 Å². The Balaban J connectivity index is 2.27. The average molecular weight is 264 g/mol. The van der Waals surface area contributed by atoms with Crippen molar-refractivity contribution in [3.05, 3.63) is 59.1 Å². The molecule has 1 unspecified atom stereocenters. The molecular formula is C13H14ClN3O. The van der Waals surface area contributed by atoms with Crippen LogP contribution in [0.2, 0.25) is 5.02 Å². The third-order valence-corrected chi connectivity index (χ3v) is 2.82. The van der Waals surface area contributed by atoms with Crippen molar-refractivity contribution < 1.29 is 5.11 Å². The molecule has 2 aromatic rings. The highest BCUT2D eigenvalue weighted by molar-refractivity contribution is 6.30. The maximum Gasteiger partial charge on any atom is 0.218 e. The van der Waals surface area contributed by atoms with E-state index in [9.17, 15) is 5.11 Å². The van der Waals surface area contributed by atoms with Crippen LogP contribution in [0.25, 0.3) is 0 Å². The molecular weight excluding hydrogens is 250 g/mol. The van der Waals surface area contributed by atoms with Crippen molar-refractivity contribution in [2.24, 2.45) is 5.73 Å². The summed E-state index contributed by atoms with van der Waals surface area (Å²) in [4.78, 5) is 0. The van der Waals surface area contributed by atoms with Crippen LogP contribution in [-0.2, 0) is 5.85 Å². The molecule has 0 aliphatic carbocycles. The van der Waals surface area contributed by atoms with Gasteiger partial charge in [0.25, 0.3) is 0 Å². The third kappa shape index (κ3) is 2.73. The number of halogens is 1. The van der Waals surface area contributed by atoms with Gasteiger partial charge in [-0.3, -0.25) is 5.73 Å². The molecule has 94 valence electrons. The lowest BCUT2D eigenvalue weighted by atomic mass is 10.1. The first-order chi connectivity index (χ1) is 8.49. The summed E-state index contributed by atoms with van der Waals surface area (Å²) >= 11 is 5.78. The molecule has 0 heterocycles. The first kappa shape index (κ1) is 12.7. The average Bonchev–Trinajstić information content (AvgIpc) is 2.32. The van der Waals surface area contributed by atoms with Crippen LogP contribution in [0.3, 0.4) is 0 Å². The van der Waals surface area contributed by atoms with Gasteiger partial charge in [0.05, 0.1) is 11.4 Å². The fourth-order valence-electron chi connectivity index (χ4n) is 1.59. The second kappa shape index (κ2) is 4.86. The Morgan fingerprint density at radius 2 is 1.67 bits per heavy atom. The van der Waals surface area contributed by atoms with Crippen molar-refractivity contribution in [1.82, 2.24) is 0 Å². The van der Waals surface area contributed by atoms with E-state index in [0.717, 1.165) is 0 Å². The lowest BCUT2D eigenvalue weighted by molar-refractivity contribution is 0.0750. The zero-order valence-corrected chi connectivity index (χ0v) is 10.4. The molecule has 2 aromatic carbocycles. The summed E-state index contributed by atoms with van der Waals surface area (Å²) in [5, 5.41) is 13.6. The minimum absolute atomic E-state index is 0.496. The summed E-state index contributed by atoms with van der Waals surface area (Å²) in [5.41, 5.74) is 13.2. The van der Waals surface area contributed by atoms with Gasteiger partial charge < -0.3 is 16.2 Å². The Hall–Kier alpha value is -1.75. The van der Waals surface area contributed by atoms with E-state index in [4.69, 9.17) is 23.1 Å². The molecule has 0 bridgehead atoms. The number of nitrogen functional groups attached to an aromatic ring is 1. The van der Waals surface area contributed by atoms with Crippen LogP contribution < -0.4 is 16.8 Å². The number of nitrogens with two attached hydrogens (primary N) is 2. The van der Waals surface area contributed by atoms with E-state index in [2.05, 4.69) is 5.32 Å². The van der Waals surface area contributed by atoms with E-state index in [1.54, 1.807) is 48.5 Å². The van der Waals surface area contributed by atoms with Gasteiger partial charge in [0.2, 0.25) is 5.85 Å². The van der Waals surface area contributed by atoms with E-state index in [-0.39, 0.29) is 0 Å². The first-order valence-corrected chi connectivity index (χ1v) is 5.77. The first-order valence-electron chi connectivity index (χ1n) is 5.39. The fourth-order valence-corrected chi connectivity index (χ4v) is 1.72. The summed E-state index contributed by atoms with van der Waals surface area (Å²) in [6.45, 7) is 0. The van der Waals surface area contributed by atoms with E-state index in [0.29, 0.717) is 22.0 Å². The predicted molar refractivity (Wildman–Crippen MR) is 74.0 cm³/mol. The SMILES string of the molecule is Nc1ccccc1NC(N)(O)c1ccc(Cl)cc1. The lowest BCUT2D eigenvalue weighted by Gasteiger charge is -2.26. The molecule has 0 spiro atoms. The topological polar surface area (TPSA) is 84.3 Å². The van der Waals surface area contributed by atoms with Crippen LogP contribution in [0.1, 0.15) is 5.56 Å². The molecule has 0 aliphatic rings. The minimum atomic E-state index is -1.71. The number of nitrogens with one attached hydrogen (secondary N) is 1. The molecule has 6 N–H and O–H groups in total. The fraction of sp³-hybridized carbons (Fsp3) is 0.0769. The molecule has 18 heavy (non-hydrogen) atoms. The maximum atomic E-state index is 10.2. The molecule has 1 atom stereocenters. The summed E-state index contributed by atoms with van der Waals surface area (Å²) in [7, 11) is 0. The Morgan fingerprint density at radius 1 is 1.06 bits per heavy atom. The Bertz CT molecular complexity index is 540. The number of benzene rings is 2. The number of hydrogen-bond acceptors (Lipinski definition) is 4. The second-order valence-electron chi connectivity index (χ2n) is 3.99. The van der Waals surface area contributed by atoms with Gasteiger partial charge in [-0.1, -0.05) is 35.9 Å². The Morgan fingerprint density at radius 3 is 2.28 bits per heavy atom. The highest BCUT2D eigenvalue weighted by atomic mass is 35.5. The van der Waals surface area contributed by atoms with E-state index in [1.807, 2.05) is 0 Å². The van der Waals surface area contributed by atoms with Crippen LogP contribution in [-0.4, -0.2) is 5.11 Å². The van der Waals surface area contributed by atoms with Crippen LogP contribution in [0.4, 0.5) is 11.4 Å². The van der Waals surface area contributed by atoms with Crippen molar-refractivity contribution in [3.8, 4) is 0 Å².